The molecule has 3 aromatic carbocycles. The van der Waals surface area contributed by atoms with Crippen LogP contribution in [0.25, 0.3) is 28.7 Å². The summed E-state index contributed by atoms with van der Waals surface area (Å²) in [6, 6.07) is 18.8. The van der Waals surface area contributed by atoms with Crippen molar-refractivity contribution in [1.29, 1.82) is 0 Å². The topological polar surface area (TPSA) is 34.9 Å². The largest absolute Gasteiger partial charge is 0.268 e. The van der Waals surface area contributed by atoms with Gasteiger partial charge in [0, 0.05) is 5.02 Å². The third-order valence-corrected chi connectivity index (χ3v) is 4.72. The second kappa shape index (κ2) is 7.41. The number of fused-ring (bicyclic) bond motifs is 1. The number of benzene rings is 3. The van der Waals surface area contributed by atoms with Gasteiger partial charge in [0.05, 0.1) is 16.6 Å². The van der Waals surface area contributed by atoms with Crippen LogP contribution in [0.3, 0.4) is 0 Å². The van der Waals surface area contributed by atoms with Crippen molar-refractivity contribution in [1.82, 2.24) is 9.55 Å². The van der Waals surface area contributed by atoms with E-state index in [0.717, 1.165) is 5.56 Å². The van der Waals surface area contributed by atoms with Crippen LogP contribution in [0.4, 0.5) is 4.39 Å². The molecule has 28 heavy (non-hydrogen) atoms. The average molecular weight is 391 g/mol. The second-order valence-electron chi connectivity index (χ2n) is 6.45. The van der Waals surface area contributed by atoms with Gasteiger partial charge in [0.15, 0.2) is 0 Å². The van der Waals surface area contributed by atoms with Crippen molar-refractivity contribution >= 4 is 34.7 Å². The van der Waals surface area contributed by atoms with Gasteiger partial charge in [-0.25, -0.2) is 9.37 Å². The molecule has 0 unspecified atom stereocenters. The minimum absolute atomic E-state index is 0.185. The summed E-state index contributed by atoms with van der Waals surface area (Å²) >= 11 is 6.18. The minimum atomic E-state index is -0.323. The van der Waals surface area contributed by atoms with Crippen molar-refractivity contribution in [3.63, 3.8) is 0 Å². The van der Waals surface area contributed by atoms with Gasteiger partial charge in [0.1, 0.15) is 11.6 Å². The summed E-state index contributed by atoms with van der Waals surface area (Å²) in [4.78, 5) is 17.9. The lowest BCUT2D eigenvalue weighted by atomic mass is 10.1. The maximum atomic E-state index is 13.5. The molecule has 0 bridgehead atoms. The number of para-hydroxylation sites is 1. The molecule has 0 aliphatic carbocycles. The summed E-state index contributed by atoms with van der Waals surface area (Å²) in [7, 11) is 0. The third-order valence-electron chi connectivity index (χ3n) is 4.49. The number of hydrogen-bond acceptors (Lipinski definition) is 2. The quantitative estimate of drug-likeness (QED) is 0.452. The lowest BCUT2D eigenvalue weighted by Crippen LogP contribution is -2.23. The van der Waals surface area contributed by atoms with Gasteiger partial charge >= 0.3 is 0 Å². The zero-order valence-corrected chi connectivity index (χ0v) is 15.8. The lowest BCUT2D eigenvalue weighted by Gasteiger charge is -2.14. The highest BCUT2D eigenvalue weighted by Gasteiger charge is 2.13. The Morgan fingerprint density at radius 2 is 1.82 bits per heavy atom. The molecule has 0 aliphatic heterocycles. The molecule has 0 aliphatic rings. The molecule has 4 rings (SSSR count). The molecule has 0 N–H and O–H groups in total. The maximum absolute atomic E-state index is 13.5. The van der Waals surface area contributed by atoms with Crippen LogP contribution in [-0.4, -0.2) is 9.55 Å². The van der Waals surface area contributed by atoms with Gasteiger partial charge in [-0.15, -0.1) is 0 Å². The van der Waals surface area contributed by atoms with Gasteiger partial charge in [-0.05, 0) is 60.5 Å². The van der Waals surface area contributed by atoms with Crippen molar-refractivity contribution in [2.24, 2.45) is 0 Å². The highest BCUT2D eigenvalue weighted by molar-refractivity contribution is 6.30. The summed E-state index contributed by atoms with van der Waals surface area (Å²) in [5.41, 5.74) is 2.65. The zero-order chi connectivity index (χ0) is 19.7. The Morgan fingerprint density at radius 3 is 2.64 bits per heavy atom. The smallest absolute Gasteiger partial charge is 0.266 e. The average Bonchev–Trinajstić information content (AvgIpc) is 2.69. The van der Waals surface area contributed by atoms with Gasteiger partial charge in [-0.2, -0.15) is 0 Å². The van der Waals surface area contributed by atoms with E-state index in [1.165, 1.54) is 12.1 Å². The van der Waals surface area contributed by atoms with Crippen LogP contribution in [0.1, 0.15) is 17.0 Å². The van der Waals surface area contributed by atoms with Crippen molar-refractivity contribution in [2.45, 2.75) is 6.92 Å². The molecule has 5 heteroatoms. The number of halogens is 2. The van der Waals surface area contributed by atoms with E-state index in [1.807, 2.05) is 25.1 Å². The summed E-state index contributed by atoms with van der Waals surface area (Å²) in [5, 5.41) is 1.05. The van der Waals surface area contributed by atoms with Crippen LogP contribution in [-0.2, 0) is 0 Å². The highest BCUT2D eigenvalue weighted by atomic mass is 35.5. The number of aryl methyl sites for hydroxylation is 1. The van der Waals surface area contributed by atoms with E-state index < -0.39 is 0 Å². The first kappa shape index (κ1) is 18.1. The molecule has 3 nitrogen and oxygen atoms in total. The fraction of sp³-hybridized carbons (Fsp3) is 0.0435. The van der Waals surface area contributed by atoms with Crippen molar-refractivity contribution in [2.75, 3.05) is 0 Å². The standard InChI is InChI=1S/C23H16ClFN2O/c1-15-9-11-17(24)14-21(15)27-22(12-10-16-5-4-6-18(25)13-16)26-20-8-3-2-7-19(20)23(27)28/h2-14H,1H3. The molecule has 0 fully saturated rings. The molecule has 1 heterocycles. The molecule has 0 saturated carbocycles. The van der Waals surface area contributed by atoms with Crippen LogP contribution in [0.2, 0.25) is 5.02 Å². The molecular weight excluding hydrogens is 375 g/mol. The summed E-state index contributed by atoms with van der Waals surface area (Å²) in [5.74, 6) is 0.120. The first-order chi connectivity index (χ1) is 13.5. The van der Waals surface area contributed by atoms with Gasteiger partial charge in [-0.1, -0.05) is 48.0 Å². The normalized spacial score (nSPS) is 11.4. The van der Waals surface area contributed by atoms with Crippen molar-refractivity contribution in [3.8, 4) is 5.69 Å². The first-order valence-electron chi connectivity index (χ1n) is 8.75. The SMILES string of the molecule is Cc1ccc(Cl)cc1-n1c(C=Cc2cccc(F)c2)nc2ccccc2c1=O. The Hall–Kier alpha value is -3.24. The molecule has 1 aromatic heterocycles. The van der Waals surface area contributed by atoms with Crippen molar-refractivity contribution < 1.29 is 4.39 Å². The highest BCUT2D eigenvalue weighted by Crippen LogP contribution is 2.21. The Balaban J connectivity index is 1.99. The van der Waals surface area contributed by atoms with E-state index in [9.17, 15) is 9.18 Å². The van der Waals surface area contributed by atoms with E-state index in [-0.39, 0.29) is 11.4 Å². The van der Waals surface area contributed by atoms with E-state index in [4.69, 9.17) is 11.6 Å². The Kier molecular flexibility index (Phi) is 4.80. The van der Waals surface area contributed by atoms with Crippen LogP contribution >= 0.6 is 11.6 Å². The second-order valence-corrected chi connectivity index (χ2v) is 6.88. The predicted molar refractivity (Wildman–Crippen MR) is 112 cm³/mol. The molecule has 0 spiro atoms. The monoisotopic (exact) mass is 390 g/mol. The summed E-state index contributed by atoms with van der Waals surface area (Å²) in [6.07, 6.45) is 3.44. The zero-order valence-electron chi connectivity index (χ0n) is 15.1. The molecule has 0 amide bonds. The van der Waals surface area contributed by atoms with Crippen molar-refractivity contribution in [3.05, 3.63) is 105 Å². The van der Waals surface area contributed by atoms with Crippen LogP contribution < -0.4 is 5.56 Å². The lowest BCUT2D eigenvalue weighted by molar-refractivity contribution is 0.627. The minimum Gasteiger partial charge on any atom is -0.268 e. The van der Waals surface area contributed by atoms with Gasteiger partial charge in [0.25, 0.3) is 5.56 Å². The van der Waals surface area contributed by atoms with Gasteiger partial charge < -0.3 is 0 Å². The molecule has 0 atom stereocenters. The molecule has 138 valence electrons. The Bertz CT molecular complexity index is 1280. The number of rotatable bonds is 3. The fourth-order valence-electron chi connectivity index (χ4n) is 3.10. The van der Waals surface area contributed by atoms with E-state index in [2.05, 4.69) is 4.98 Å². The Morgan fingerprint density at radius 1 is 1.00 bits per heavy atom. The third kappa shape index (κ3) is 3.47. The molecule has 0 saturated heterocycles. The summed E-state index contributed by atoms with van der Waals surface area (Å²) < 4.78 is 15.0. The first-order valence-corrected chi connectivity index (χ1v) is 9.13. The summed E-state index contributed by atoms with van der Waals surface area (Å²) in [6.45, 7) is 1.91. The maximum Gasteiger partial charge on any atom is 0.266 e. The van der Waals surface area contributed by atoms with Gasteiger partial charge in [0.2, 0.25) is 0 Å². The Labute approximate surface area is 166 Å². The van der Waals surface area contributed by atoms with E-state index >= 15 is 0 Å². The van der Waals surface area contributed by atoms with Crippen LogP contribution in [0, 0.1) is 12.7 Å². The van der Waals surface area contributed by atoms with Crippen LogP contribution in [0.15, 0.2) is 71.5 Å². The molecule has 4 aromatic rings. The predicted octanol–water partition coefficient (Wildman–Crippen LogP) is 5.66. The van der Waals surface area contributed by atoms with E-state index in [0.29, 0.717) is 33.0 Å². The van der Waals surface area contributed by atoms with Crippen LogP contribution in [0.5, 0.6) is 0 Å². The van der Waals surface area contributed by atoms with Gasteiger partial charge in [-0.3, -0.25) is 9.36 Å². The fourth-order valence-corrected chi connectivity index (χ4v) is 3.27. The number of nitrogens with zero attached hydrogens (tertiary/aromatic N) is 2. The number of aromatic nitrogens is 2. The molecular formula is C23H16ClFN2O. The van der Waals surface area contributed by atoms with E-state index in [1.54, 1.807) is 53.1 Å². The number of hydrogen-bond donors (Lipinski definition) is 0. The molecule has 0 radical (unpaired) electrons.